The molecule has 2 atom stereocenters. The molecule has 1 unspecified atom stereocenters. The maximum Gasteiger partial charge on any atom is 0.323 e. The zero-order valence-corrected chi connectivity index (χ0v) is 7.23. The lowest BCUT2D eigenvalue weighted by atomic mass is 10.2. The van der Waals surface area contributed by atoms with E-state index < -0.39 is 6.10 Å². The van der Waals surface area contributed by atoms with Gasteiger partial charge in [0.15, 0.2) is 0 Å². The first-order valence-electron chi connectivity index (χ1n) is 4.45. The lowest BCUT2D eigenvalue weighted by Crippen LogP contribution is -2.42. The third kappa shape index (κ3) is 1.99. The van der Waals surface area contributed by atoms with Crippen LogP contribution in [0.4, 0.5) is 0 Å². The van der Waals surface area contributed by atoms with E-state index in [0.29, 0.717) is 26.2 Å². The van der Waals surface area contributed by atoms with Gasteiger partial charge in [-0.15, -0.1) is 0 Å². The number of nitrogens with one attached hydrogen (secondary N) is 1. The number of ether oxygens (including phenoxy) is 2. The first kappa shape index (κ1) is 8.93. The molecule has 74 valence electrons. The summed E-state index contributed by atoms with van der Waals surface area (Å²) in [5, 5.41) is 12.1. The minimum Gasteiger partial charge on any atom is -0.456 e. The number of aliphatic hydroxyl groups is 1. The van der Waals surface area contributed by atoms with Crippen LogP contribution < -0.4 is 5.32 Å². The van der Waals surface area contributed by atoms with E-state index in [-0.39, 0.29) is 18.1 Å². The average Bonchev–Trinajstić information content (AvgIpc) is 2.44. The van der Waals surface area contributed by atoms with Gasteiger partial charge in [0, 0.05) is 13.0 Å². The van der Waals surface area contributed by atoms with Gasteiger partial charge in [-0.25, -0.2) is 0 Å². The van der Waals surface area contributed by atoms with Gasteiger partial charge in [-0.3, -0.25) is 4.79 Å². The van der Waals surface area contributed by atoms with Crippen LogP contribution >= 0.6 is 0 Å². The molecule has 0 saturated carbocycles. The Balaban J connectivity index is 1.76. The van der Waals surface area contributed by atoms with E-state index in [0.717, 1.165) is 0 Å². The van der Waals surface area contributed by atoms with Gasteiger partial charge in [0.05, 0.1) is 19.3 Å². The van der Waals surface area contributed by atoms with Crippen molar-refractivity contribution in [3.8, 4) is 0 Å². The summed E-state index contributed by atoms with van der Waals surface area (Å²) in [5.41, 5.74) is 0. The lowest BCUT2D eigenvalue weighted by molar-refractivity contribution is -0.174. The molecule has 2 rings (SSSR count). The number of aliphatic hydroxyl groups excluding tert-OH is 1. The molecule has 2 aliphatic rings. The van der Waals surface area contributed by atoms with Crippen molar-refractivity contribution >= 4 is 5.97 Å². The Bertz CT molecular complexity index is 204. The van der Waals surface area contributed by atoms with E-state index in [9.17, 15) is 4.79 Å². The highest BCUT2D eigenvalue weighted by molar-refractivity contribution is 5.76. The van der Waals surface area contributed by atoms with Gasteiger partial charge in [0.1, 0.15) is 12.1 Å². The van der Waals surface area contributed by atoms with Crippen LogP contribution in [0.15, 0.2) is 0 Å². The van der Waals surface area contributed by atoms with E-state index in [2.05, 4.69) is 5.32 Å². The zero-order valence-electron chi connectivity index (χ0n) is 7.23. The predicted octanol–water partition coefficient (Wildman–Crippen LogP) is -1.35. The summed E-state index contributed by atoms with van der Waals surface area (Å²) in [6.45, 7) is 1.48. The second-order valence-electron chi connectivity index (χ2n) is 3.45. The van der Waals surface area contributed by atoms with Crippen molar-refractivity contribution in [3.63, 3.8) is 0 Å². The van der Waals surface area contributed by atoms with E-state index in [1.54, 1.807) is 0 Å². The molecule has 13 heavy (non-hydrogen) atoms. The van der Waals surface area contributed by atoms with Crippen molar-refractivity contribution in [1.29, 1.82) is 0 Å². The number of hydrogen-bond acceptors (Lipinski definition) is 5. The summed E-state index contributed by atoms with van der Waals surface area (Å²) in [7, 11) is 0. The van der Waals surface area contributed by atoms with Crippen LogP contribution in [-0.4, -0.2) is 49.1 Å². The molecule has 0 aromatic rings. The van der Waals surface area contributed by atoms with Gasteiger partial charge >= 0.3 is 5.97 Å². The quantitative estimate of drug-likeness (QED) is 0.523. The zero-order chi connectivity index (χ0) is 9.26. The number of hydrogen-bond donors (Lipinski definition) is 2. The normalized spacial score (nSPS) is 34.2. The summed E-state index contributed by atoms with van der Waals surface area (Å²) in [6, 6.07) is -0.337. The fourth-order valence-electron chi connectivity index (χ4n) is 1.43. The Kier molecular flexibility index (Phi) is 2.48. The molecular weight excluding hydrogens is 174 g/mol. The second-order valence-corrected chi connectivity index (χ2v) is 3.45. The highest BCUT2D eigenvalue weighted by Gasteiger charge is 2.32. The predicted molar refractivity (Wildman–Crippen MR) is 43.1 cm³/mol. The maximum atomic E-state index is 11.3. The van der Waals surface area contributed by atoms with Crippen LogP contribution in [0, 0.1) is 0 Å². The molecule has 2 saturated heterocycles. The van der Waals surface area contributed by atoms with Gasteiger partial charge in [-0.05, 0) is 0 Å². The molecule has 2 aliphatic heterocycles. The first-order valence-corrected chi connectivity index (χ1v) is 4.45. The Labute approximate surface area is 76.0 Å². The monoisotopic (exact) mass is 187 g/mol. The van der Waals surface area contributed by atoms with Gasteiger partial charge < -0.3 is 19.9 Å². The van der Waals surface area contributed by atoms with Crippen LogP contribution in [0.1, 0.15) is 6.42 Å². The van der Waals surface area contributed by atoms with Crippen molar-refractivity contribution in [1.82, 2.24) is 5.32 Å². The van der Waals surface area contributed by atoms with Crippen LogP contribution in [0.3, 0.4) is 0 Å². The van der Waals surface area contributed by atoms with E-state index in [1.807, 2.05) is 0 Å². The number of esters is 1. The molecular formula is C8H13NO4. The topological polar surface area (TPSA) is 67.8 Å². The average molecular weight is 187 g/mol. The fraction of sp³-hybridized carbons (Fsp3) is 0.875. The van der Waals surface area contributed by atoms with Crippen molar-refractivity contribution in [2.45, 2.75) is 24.7 Å². The summed E-state index contributed by atoms with van der Waals surface area (Å²) >= 11 is 0. The highest BCUT2D eigenvalue weighted by atomic mass is 16.6. The molecule has 0 amide bonds. The van der Waals surface area contributed by atoms with E-state index >= 15 is 0 Å². The molecule has 2 heterocycles. The van der Waals surface area contributed by atoms with Crippen LogP contribution in [0.2, 0.25) is 0 Å². The minimum absolute atomic E-state index is 0.0768. The first-order chi connectivity index (χ1) is 6.25. The van der Waals surface area contributed by atoms with Crippen LogP contribution in [0.5, 0.6) is 0 Å². The standard InChI is InChI=1S/C8H13NO4/c10-5-1-7(9-2-5)8(11)13-6-3-12-4-6/h5-7,9-10H,1-4H2/t5?,7-/m0/s1. The van der Waals surface area contributed by atoms with Gasteiger partial charge in [-0.1, -0.05) is 0 Å². The Morgan fingerprint density at radius 3 is 2.77 bits per heavy atom. The smallest absolute Gasteiger partial charge is 0.323 e. The molecule has 2 N–H and O–H groups in total. The molecule has 0 spiro atoms. The van der Waals surface area contributed by atoms with Crippen molar-refractivity contribution in [2.24, 2.45) is 0 Å². The molecule has 5 heteroatoms. The van der Waals surface area contributed by atoms with Gasteiger partial charge in [0.25, 0.3) is 0 Å². The number of carbonyl (C=O) groups is 1. The van der Waals surface area contributed by atoms with Crippen molar-refractivity contribution in [3.05, 3.63) is 0 Å². The summed E-state index contributed by atoms with van der Waals surface area (Å²) in [6.07, 6.45) is -0.0471. The Hall–Kier alpha value is -0.650. The third-order valence-electron chi connectivity index (χ3n) is 2.28. The summed E-state index contributed by atoms with van der Waals surface area (Å²) in [5.74, 6) is -0.273. The van der Waals surface area contributed by atoms with Crippen LogP contribution in [-0.2, 0) is 14.3 Å². The molecule has 0 aliphatic carbocycles. The number of carbonyl (C=O) groups excluding carboxylic acids is 1. The SMILES string of the molecule is O=C(OC1COC1)[C@@H]1CC(O)CN1. The molecule has 2 fully saturated rings. The fourth-order valence-corrected chi connectivity index (χ4v) is 1.43. The lowest BCUT2D eigenvalue weighted by Gasteiger charge is -2.26. The molecule has 0 aromatic carbocycles. The van der Waals surface area contributed by atoms with E-state index in [4.69, 9.17) is 14.6 Å². The Morgan fingerprint density at radius 1 is 1.54 bits per heavy atom. The second kappa shape index (κ2) is 3.61. The van der Waals surface area contributed by atoms with Crippen molar-refractivity contribution in [2.75, 3.05) is 19.8 Å². The third-order valence-corrected chi connectivity index (χ3v) is 2.28. The Morgan fingerprint density at radius 2 is 2.31 bits per heavy atom. The number of β-amino-alcohol motifs (C(OH)–C–C–N with tert-alkyl or cyclic N) is 1. The van der Waals surface area contributed by atoms with E-state index in [1.165, 1.54) is 0 Å². The maximum absolute atomic E-state index is 11.3. The van der Waals surface area contributed by atoms with Crippen molar-refractivity contribution < 1.29 is 19.4 Å². The van der Waals surface area contributed by atoms with Gasteiger partial charge in [-0.2, -0.15) is 0 Å². The minimum atomic E-state index is -0.421. The molecule has 0 aromatic heterocycles. The molecule has 5 nitrogen and oxygen atoms in total. The number of rotatable bonds is 2. The highest BCUT2D eigenvalue weighted by Crippen LogP contribution is 2.12. The van der Waals surface area contributed by atoms with Gasteiger partial charge in [0.2, 0.25) is 0 Å². The molecule has 0 radical (unpaired) electrons. The summed E-state index contributed by atoms with van der Waals surface area (Å²) in [4.78, 5) is 11.3. The largest absolute Gasteiger partial charge is 0.456 e. The molecule has 0 bridgehead atoms. The summed E-state index contributed by atoms with van der Waals surface area (Å²) < 4.78 is 9.95. The van der Waals surface area contributed by atoms with Crippen LogP contribution in [0.25, 0.3) is 0 Å².